The van der Waals surface area contributed by atoms with E-state index in [9.17, 15) is 5.11 Å². The Labute approximate surface area is 130 Å². The van der Waals surface area contributed by atoms with Crippen LogP contribution >= 0.6 is 0 Å². The van der Waals surface area contributed by atoms with Gasteiger partial charge in [0.15, 0.2) is 0 Å². The Bertz CT molecular complexity index is 248. The third-order valence-corrected chi connectivity index (χ3v) is 3.66. The zero-order valence-corrected chi connectivity index (χ0v) is 13.9. The van der Waals surface area contributed by atoms with E-state index in [0.717, 1.165) is 52.0 Å². The summed E-state index contributed by atoms with van der Waals surface area (Å²) in [5, 5.41) is 16.1. The van der Waals surface area contributed by atoms with Gasteiger partial charge in [0.25, 0.3) is 0 Å². The highest BCUT2D eigenvalue weighted by molar-refractivity contribution is 4.88. The maximum atomic E-state index is 9.71. The van der Waals surface area contributed by atoms with Crippen LogP contribution in [0.3, 0.4) is 0 Å². The molecule has 5 heteroatoms. The van der Waals surface area contributed by atoms with Crippen LogP contribution in [0.5, 0.6) is 0 Å². The van der Waals surface area contributed by atoms with Crippen molar-refractivity contribution in [2.24, 2.45) is 23.3 Å². The van der Waals surface area contributed by atoms with Crippen LogP contribution in [0.25, 0.3) is 0 Å². The topological polar surface area (TPSA) is 96.3 Å². The fourth-order valence-corrected chi connectivity index (χ4v) is 1.96. The molecule has 0 heterocycles. The highest BCUT2D eigenvalue weighted by Gasteiger charge is 2.00. The molecular formula is C16H36N4O. The van der Waals surface area contributed by atoms with Crippen LogP contribution in [0.15, 0.2) is 12.2 Å². The normalized spacial score (nSPS) is 16.2. The molecule has 0 aliphatic rings. The fourth-order valence-electron chi connectivity index (χ4n) is 1.96. The van der Waals surface area contributed by atoms with Gasteiger partial charge in [-0.1, -0.05) is 19.9 Å². The quantitative estimate of drug-likeness (QED) is 0.186. The fraction of sp³-hybridized carbons (Fsp3) is 0.875. The number of hydrogen-bond acceptors (Lipinski definition) is 5. The van der Waals surface area contributed by atoms with Crippen molar-refractivity contribution in [1.82, 2.24) is 10.6 Å². The van der Waals surface area contributed by atoms with Gasteiger partial charge in [0, 0.05) is 6.54 Å². The molecule has 0 aliphatic heterocycles. The Hall–Kier alpha value is -0.460. The van der Waals surface area contributed by atoms with E-state index in [0.29, 0.717) is 11.8 Å². The largest absolute Gasteiger partial charge is 0.375 e. The van der Waals surface area contributed by atoms with E-state index in [1.54, 1.807) is 6.08 Å². The Morgan fingerprint density at radius 1 is 1.00 bits per heavy atom. The molecule has 0 radical (unpaired) electrons. The molecule has 21 heavy (non-hydrogen) atoms. The second kappa shape index (κ2) is 14.5. The van der Waals surface area contributed by atoms with E-state index in [2.05, 4.69) is 24.5 Å². The first-order valence-electron chi connectivity index (χ1n) is 8.29. The van der Waals surface area contributed by atoms with Crippen molar-refractivity contribution >= 4 is 0 Å². The number of rotatable bonds is 14. The maximum absolute atomic E-state index is 9.71. The third-order valence-electron chi connectivity index (χ3n) is 3.66. The molecule has 0 aromatic heterocycles. The summed E-state index contributed by atoms with van der Waals surface area (Å²) >= 11 is 0. The minimum atomic E-state index is -0.558. The monoisotopic (exact) mass is 300 g/mol. The maximum Gasteiger partial charge on any atom is 0.124 e. The minimum Gasteiger partial charge on any atom is -0.375 e. The van der Waals surface area contributed by atoms with Gasteiger partial charge in [-0.15, -0.1) is 0 Å². The first-order valence-corrected chi connectivity index (χ1v) is 8.29. The van der Waals surface area contributed by atoms with Crippen LogP contribution in [0.2, 0.25) is 0 Å². The lowest BCUT2D eigenvalue weighted by atomic mass is 10.1. The molecule has 0 bridgehead atoms. The van der Waals surface area contributed by atoms with Gasteiger partial charge in [0.2, 0.25) is 0 Å². The summed E-state index contributed by atoms with van der Waals surface area (Å²) < 4.78 is 0. The van der Waals surface area contributed by atoms with Crippen LogP contribution in [0, 0.1) is 11.8 Å². The Kier molecular flexibility index (Phi) is 14.2. The summed E-state index contributed by atoms with van der Waals surface area (Å²) in [7, 11) is 0. The van der Waals surface area contributed by atoms with Crippen LogP contribution in [-0.4, -0.2) is 44.1 Å². The van der Waals surface area contributed by atoms with Crippen LogP contribution in [0.4, 0.5) is 0 Å². The lowest BCUT2D eigenvalue weighted by Gasteiger charge is -2.11. The van der Waals surface area contributed by atoms with Crippen LogP contribution in [-0.2, 0) is 0 Å². The Balaban J connectivity index is 3.39. The summed E-state index contributed by atoms with van der Waals surface area (Å²) in [6.07, 6.45) is 7.65. The highest BCUT2D eigenvalue weighted by atomic mass is 16.3. The van der Waals surface area contributed by atoms with E-state index < -0.39 is 6.23 Å². The summed E-state index contributed by atoms with van der Waals surface area (Å²) in [5.41, 5.74) is 11.1. The van der Waals surface area contributed by atoms with E-state index in [4.69, 9.17) is 11.5 Å². The number of nitrogens with one attached hydrogen (secondary N) is 2. The van der Waals surface area contributed by atoms with Crippen molar-refractivity contribution in [3.63, 3.8) is 0 Å². The first-order chi connectivity index (χ1) is 10.1. The van der Waals surface area contributed by atoms with Gasteiger partial charge >= 0.3 is 0 Å². The van der Waals surface area contributed by atoms with Crippen molar-refractivity contribution in [1.29, 1.82) is 0 Å². The van der Waals surface area contributed by atoms with Crippen LogP contribution < -0.4 is 22.1 Å². The van der Waals surface area contributed by atoms with Gasteiger partial charge in [-0.05, 0) is 69.8 Å². The predicted octanol–water partition coefficient (Wildman–Crippen LogP) is 0.790. The second-order valence-electron chi connectivity index (χ2n) is 6.00. The molecule has 3 unspecified atom stereocenters. The van der Waals surface area contributed by atoms with Gasteiger partial charge in [-0.25, -0.2) is 0 Å². The second-order valence-corrected chi connectivity index (χ2v) is 6.00. The number of nitrogens with two attached hydrogens (primary N) is 2. The van der Waals surface area contributed by atoms with Crippen molar-refractivity contribution in [2.75, 3.05) is 32.7 Å². The molecule has 0 aromatic rings. The van der Waals surface area contributed by atoms with E-state index >= 15 is 0 Å². The van der Waals surface area contributed by atoms with E-state index in [-0.39, 0.29) is 0 Å². The molecular weight excluding hydrogens is 264 g/mol. The minimum absolute atomic E-state index is 0.558. The number of aliphatic hydroxyl groups is 1. The summed E-state index contributed by atoms with van der Waals surface area (Å²) in [5.74, 6) is 1.17. The third kappa shape index (κ3) is 14.2. The molecule has 3 atom stereocenters. The van der Waals surface area contributed by atoms with Crippen molar-refractivity contribution in [2.45, 2.75) is 45.8 Å². The molecule has 0 saturated heterocycles. The Morgan fingerprint density at radius 2 is 1.57 bits per heavy atom. The lowest BCUT2D eigenvalue weighted by Crippen LogP contribution is -2.28. The van der Waals surface area contributed by atoms with Crippen molar-refractivity contribution < 1.29 is 5.11 Å². The molecule has 5 nitrogen and oxygen atoms in total. The van der Waals surface area contributed by atoms with E-state index in [1.807, 2.05) is 6.08 Å². The van der Waals surface area contributed by atoms with Gasteiger partial charge in [0.1, 0.15) is 6.23 Å². The zero-order valence-electron chi connectivity index (χ0n) is 13.9. The van der Waals surface area contributed by atoms with E-state index in [1.165, 1.54) is 6.42 Å². The molecule has 0 saturated carbocycles. The molecule has 0 amide bonds. The van der Waals surface area contributed by atoms with Gasteiger partial charge in [-0.3, -0.25) is 5.32 Å². The van der Waals surface area contributed by atoms with Crippen molar-refractivity contribution in [3.8, 4) is 0 Å². The average Bonchev–Trinajstić information content (AvgIpc) is 2.49. The SMILES string of the molecule is CC(CN)CCCNC/C=C\C(O)NCCCC(C)CN. The first kappa shape index (κ1) is 20.5. The van der Waals surface area contributed by atoms with Crippen molar-refractivity contribution in [3.05, 3.63) is 12.2 Å². The van der Waals surface area contributed by atoms with Gasteiger partial charge in [-0.2, -0.15) is 0 Å². The molecule has 126 valence electrons. The predicted molar refractivity (Wildman–Crippen MR) is 90.9 cm³/mol. The molecule has 0 aliphatic carbocycles. The van der Waals surface area contributed by atoms with Gasteiger partial charge < -0.3 is 21.9 Å². The molecule has 0 aromatic carbocycles. The molecule has 7 N–H and O–H groups in total. The number of aliphatic hydroxyl groups excluding tert-OH is 1. The van der Waals surface area contributed by atoms with Crippen LogP contribution in [0.1, 0.15) is 39.5 Å². The molecule has 0 spiro atoms. The molecule has 0 rings (SSSR count). The highest BCUT2D eigenvalue weighted by Crippen LogP contribution is 2.02. The smallest absolute Gasteiger partial charge is 0.124 e. The standard InChI is InChI=1S/C16H36N4O/c1-14(12-17)6-3-9-19-10-5-8-16(21)20-11-4-7-15(2)13-18/h5,8,14-16,19-21H,3-4,6-7,9-13,17-18H2,1-2H3/b8-5-. The summed E-state index contributed by atoms with van der Waals surface area (Å²) in [6, 6.07) is 0. The summed E-state index contributed by atoms with van der Waals surface area (Å²) in [6.45, 7) is 8.43. The Morgan fingerprint density at radius 3 is 2.14 bits per heavy atom. The number of hydrogen-bond donors (Lipinski definition) is 5. The zero-order chi connectivity index (χ0) is 15.9. The molecule has 0 fully saturated rings. The average molecular weight is 300 g/mol. The lowest BCUT2D eigenvalue weighted by molar-refractivity contribution is 0.183. The van der Waals surface area contributed by atoms with Gasteiger partial charge in [0.05, 0.1) is 0 Å². The summed E-state index contributed by atoms with van der Waals surface area (Å²) in [4.78, 5) is 0.